The van der Waals surface area contributed by atoms with Crippen molar-refractivity contribution in [3.63, 3.8) is 0 Å². The van der Waals surface area contributed by atoms with Gasteiger partial charge in [-0.25, -0.2) is 0 Å². The van der Waals surface area contributed by atoms with E-state index in [2.05, 4.69) is 0 Å². The van der Waals surface area contributed by atoms with E-state index < -0.39 is 5.97 Å². The van der Waals surface area contributed by atoms with Gasteiger partial charge in [-0.15, -0.1) is 0 Å². The van der Waals surface area contributed by atoms with Crippen molar-refractivity contribution in [3.8, 4) is 5.75 Å². The third-order valence-electron chi connectivity index (χ3n) is 1.91. The fourth-order valence-electron chi connectivity index (χ4n) is 1.37. The summed E-state index contributed by atoms with van der Waals surface area (Å²) in [5, 5.41) is 10.1. The maximum Gasteiger partial charge on any atom is 0.308 e. The van der Waals surface area contributed by atoms with Gasteiger partial charge in [0.2, 0.25) is 0 Å². The molecule has 2 aromatic rings. The Kier molecular flexibility index (Phi) is 1.89. The molecule has 0 radical (unpaired) electrons. The Balaban J connectivity index is 2.60. The van der Waals surface area contributed by atoms with E-state index in [1.165, 1.54) is 13.1 Å². The number of hydrogen-bond donors (Lipinski definition) is 1. The van der Waals surface area contributed by atoms with Crippen LogP contribution < -0.4 is 4.74 Å². The highest BCUT2D eigenvalue weighted by molar-refractivity contribution is 5.88. The summed E-state index contributed by atoms with van der Waals surface area (Å²) >= 11 is 0. The number of ether oxygens (including phenoxy) is 1. The first-order valence-electron chi connectivity index (χ1n) is 4.16. The number of hydrogen-bond acceptors (Lipinski definition) is 3. The monoisotopic (exact) mass is 191 g/mol. The van der Waals surface area contributed by atoms with Crippen molar-refractivity contribution in [2.75, 3.05) is 0 Å². The molecule has 0 fully saturated rings. The molecule has 0 amide bonds. The molecule has 0 spiro atoms. The fourth-order valence-corrected chi connectivity index (χ4v) is 1.37. The smallest absolute Gasteiger partial charge is 0.308 e. The molecule has 0 aliphatic carbocycles. The SMILES string of the molecule is CC(=O)Oc1cn(O)c2ccccc12. The summed E-state index contributed by atoms with van der Waals surface area (Å²) in [6, 6.07) is 7.13. The molecule has 0 saturated carbocycles. The van der Waals surface area contributed by atoms with Crippen LogP contribution in [0.3, 0.4) is 0 Å². The number of rotatable bonds is 1. The second-order valence-corrected chi connectivity index (χ2v) is 2.95. The van der Waals surface area contributed by atoms with Crippen LogP contribution in [0, 0.1) is 0 Å². The van der Waals surface area contributed by atoms with Crippen LogP contribution in [0.15, 0.2) is 30.5 Å². The maximum absolute atomic E-state index is 10.8. The molecular weight excluding hydrogens is 182 g/mol. The predicted octanol–water partition coefficient (Wildman–Crippen LogP) is 1.80. The van der Waals surface area contributed by atoms with Crippen LogP contribution in [0.2, 0.25) is 0 Å². The van der Waals surface area contributed by atoms with E-state index in [-0.39, 0.29) is 0 Å². The first-order chi connectivity index (χ1) is 6.68. The minimum Gasteiger partial charge on any atom is -0.428 e. The lowest BCUT2D eigenvalue weighted by Crippen LogP contribution is -2.00. The highest BCUT2D eigenvalue weighted by Gasteiger charge is 2.09. The Hall–Kier alpha value is -1.97. The van der Waals surface area contributed by atoms with Gasteiger partial charge in [0, 0.05) is 12.3 Å². The molecule has 1 N–H and O–H groups in total. The standard InChI is InChI=1S/C10H9NO3/c1-7(12)14-10-6-11(13)9-5-3-2-4-8(9)10/h2-6,13H,1H3. The predicted molar refractivity (Wildman–Crippen MR) is 50.4 cm³/mol. The molecule has 0 aliphatic rings. The Morgan fingerprint density at radius 3 is 2.86 bits per heavy atom. The van der Waals surface area contributed by atoms with Crippen LogP contribution >= 0.6 is 0 Å². The van der Waals surface area contributed by atoms with E-state index in [9.17, 15) is 10.0 Å². The van der Waals surface area contributed by atoms with Gasteiger partial charge in [-0.3, -0.25) is 4.79 Å². The third kappa shape index (κ3) is 1.31. The van der Waals surface area contributed by atoms with Crippen molar-refractivity contribution in [1.82, 2.24) is 4.73 Å². The molecule has 0 atom stereocenters. The molecule has 1 aromatic heterocycles. The van der Waals surface area contributed by atoms with Crippen LogP contribution in [-0.4, -0.2) is 15.9 Å². The van der Waals surface area contributed by atoms with Gasteiger partial charge in [-0.1, -0.05) is 12.1 Å². The van der Waals surface area contributed by atoms with Crippen molar-refractivity contribution in [2.45, 2.75) is 6.92 Å². The molecule has 0 bridgehead atoms. The Morgan fingerprint density at radius 2 is 2.14 bits per heavy atom. The van der Waals surface area contributed by atoms with Gasteiger partial charge in [0.1, 0.15) is 0 Å². The van der Waals surface area contributed by atoms with Crippen molar-refractivity contribution in [2.24, 2.45) is 0 Å². The summed E-state index contributed by atoms with van der Waals surface area (Å²) in [5.74, 6) is -0.0306. The number of nitrogens with zero attached hydrogens (tertiary/aromatic N) is 1. The quantitative estimate of drug-likeness (QED) is 0.552. The summed E-state index contributed by atoms with van der Waals surface area (Å²) in [6.07, 6.45) is 1.37. The number of aromatic nitrogens is 1. The van der Waals surface area contributed by atoms with Crippen molar-refractivity contribution in [3.05, 3.63) is 30.5 Å². The molecule has 0 saturated heterocycles. The second kappa shape index (κ2) is 3.06. The number of benzene rings is 1. The average Bonchev–Trinajstić information content (AvgIpc) is 2.44. The van der Waals surface area contributed by atoms with E-state index in [1.54, 1.807) is 18.2 Å². The molecule has 72 valence electrons. The Labute approximate surface area is 80.3 Å². The Morgan fingerprint density at radius 1 is 1.43 bits per heavy atom. The molecule has 1 heterocycles. The molecule has 2 rings (SSSR count). The van der Waals surface area contributed by atoms with Crippen molar-refractivity contribution >= 4 is 16.9 Å². The topological polar surface area (TPSA) is 51.5 Å². The molecule has 1 aromatic carbocycles. The van der Waals surface area contributed by atoms with Crippen LogP contribution in [-0.2, 0) is 4.79 Å². The zero-order valence-corrected chi connectivity index (χ0v) is 7.60. The summed E-state index contributed by atoms with van der Waals surface area (Å²) in [4.78, 5) is 10.8. The summed E-state index contributed by atoms with van der Waals surface area (Å²) < 4.78 is 5.87. The first kappa shape index (κ1) is 8.62. The summed E-state index contributed by atoms with van der Waals surface area (Å²) in [5.41, 5.74) is 0.615. The highest BCUT2D eigenvalue weighted by Crippen LogP contribution is 2.26. The van der Waals surface area contributed by atoms with Crippen LogP contribution in [0.4, 0.5) is 0 Å². The second-order valence-electron chi connectivity index (χ2n) is 2.95. The minimum atomic E-state index is -0.402. The van der Waals surface area contributed by atoms with Gasteiger partial charge >= 0.3 is 5.97 Å². The van der Waals surface area contributed by atoms with Gasteiger partial charge < -0.3 is 9.94 Å². The normalized spacial score (nSPS) is 10.4. The van der Waals surface area contributed by atoms with E-state index in [0.717, 1.165) is 4.73 Å². The lowest BCUT2D eigenvalue weighted by molar-refractivity contribution is -0.131. The first-order valence-corrected chi connectivity index (χ1v) is 4.16. The fraction of sp³-hybridized carbons (Fsp3) is 0.100. The molecule has 14 heavy (non-hydrogen) atoms. The minimum absolute atomic E-state index is 0.371. The van der Waals surface area contributed by atoms with Gasteiger partial charge in [0.15, 0.2) is 5.75 Å². The van der Waals surface area contributed by atoms with E-state index in [4.69, 9.17) is 4.74 Å². The van der Waals surface area contributed by atoms with Crippen LogP contribution in [0.25, 0.3) is 10.9 Å². The maximum atomic E-state index is 10.8. The number of para-hydroxylation sites is 1. The molecular formula is C10H9NO3. The zero-order chi connectivity index (χ0) is 10.1. The van der Waals surface area contributed by atoms with Crippen LogP contribution in [0.5, 0.6) is 5.75 Å². The summed E-state index contributed by atoms with van der Waals surface area (Å²) in [7, 11) is 0. The molecule has 0 aliphatic heterocycles. The largest absolute Gasteiger partial charge is 0.428 e. The van der Waals surface area contributed by atoms with Gasteiger partial charge in [0.25, 0.3) is 0 Å². The van der Waals surface area contributed by atoms with E-state index >= 15 is 0 Å². The Bertz CT molecular complexity index is 487. The number of carbonyl (C=O) groups excluding carboxylic acids is 1. The van der Waals surface area contributed by atoms with Gasteiger partial charge in [-0.2, -0.15) is 4.73 Å². The molecule has 4 heteroatoms. The van der Waals surface area contributed by atoms with Crippen molar-refractivity contribution in [1.29, 1.82) is 0 Å². The number of fused-ring (bicyclic) bond motifs is 1. The van der Waals surface area contributed by atoms with E-state index in [1.807, 2.05) is 6.07 Å². The average molecular weight is 191 g/mol. The van der Waals surface area contributed by atoms with Gasteiger partial charge in [-0.05, 0) is 12.1 Å². The lowest BCUT2D eigenvalue weighted by atomic mass is 10.2. The van der Waals surface area contributed by atoms with E-state index in [0.29, 0.717) is 16.7 Å². The van der Waals surface area contributed by atoms with Crippen molar-refractivity contribution < 1.29 is 14.7 Å². The number of carbonyl (C=O) groups is 1. The third-order valence-corrected chi connectivity index (χ3v) is 1.91. The molecule has 0 unspecified atom stereocenters. The zero-order valence-electron chi connectivity index (χ0n) is 7.60. The molecule has 4 nitrogen and oxygen atoms in total. The van der Waals surface area contributed by atoms with Crippen LogP contribution in [0.1, 0.15) is 6.92 Å². The summed E-state index contributed by atoms with van der Waals surface area (Å²) in [6.45, 7) is 1.32. The number of esters is 1. The lowest BCUT2D eigenvalue weighted by Gasteiger charge is -1.96. The van der Waals surface area contributed by atoms with Gasteiger partial charge in [0.05, 0.1) is 11.7 Å². The highest BCUT2D eigenvalue weighted by atomic mass is 16.5.